The van der Waals surface area contributed by atoms with Crippen molar-refractivity contribution in [2.75, 3.05) is 0 Å². The van der Waals surface area contributed by atoms with E-state index in [2.05, 4.69) is 70.0 Å². The Balaban J connectivity index is 2.05. The summed E-state index contributed by atoms with van der Waals surface area (Å²) in [5.41, 5.74) is 5.84. The first-order chi connectivity index (χ1) is 9.85. The number of nitrogens with zero attached hydrogens (tertiary/aromatic N) is 1. The van der Waals surface area contributed by atoms with Gasteiger partial charge < -0.3 is 0 Å². The smallest absolute Gasteiger partial charge is 0.0796 e. The molecule has 1 aliphatic rings. The molecule has 1 nitrogen and oxygen atoms in total. The Bertz CT molecular complexity index is 667. The first-order valence-corrected chi connectivity index (χ1v) is 11.4. The molecule has 0 fully saturated rings. The van der Waals surface area contributed by atoms with Gasteiger partial charge in [0, 0.05) is 11.8 Å². The lowest BCUT2D eigenvalue weighted by atomic mass is 9.62. The molecule has 1 aromatic carbocycles. The number of hydrogen-bond donors (Lipinski definition) is 0. The highest BCUT2D eigenvalue weighted by molar-refractivity contribution is 6.88. The van der Waals surface area contributed by atoms with Gasteiger partial charge in [-0.05, 0) is 40.6 Å². The van der Waals surface area contributed by atoms with E-state index < -0.39 is 8.07 Å². The third-order valence-electron chi connectivity index (χ3n) is 5.02. The Kier molecular flexibility index (Phi) is 3.32. The summed E-state index contributed by atoms with van der Waals surface area (Å²) in [5, 5.41) is 1.43. The lowest BCUT2D eigenvalue weighted by molar-refractivity contribution is 0.397. The second-order valence-corrected chi connectivity index (χ2v) is 12.7. The van der Waals surface area contributed by atoms with Crippen LogP contribution in [0.5, 0.6) is 0 Å². The van der Waals surface area contributed by atoms with Crippen molar-refractivity contribution in [3.63, 3.8) is 0 Å². The molecule has 0 N–H and O–H groups in total. The zero-order valence-electron chi connectivity index (χ0n) is 13.8. The lowest BCUT2D eigenvalue weighted by Crippen LogP contribution is -2.38. The minimum atomic E-state index is -1.27. The fourth-order valence-electron chi connectivity index (χ4n) is 3.37. The highest BCUT2D eigenvalue weighted by atomic mass is 28.3. The lowest BCUT2D eigenvalue weighted by Gasteiger charge is -2.42. The van der Waals surface area contributed by atoms with E-state index in [4.69, 9.17) is 4.98 Å². The number of aromatic nitrogens is 1. The van der Waals surface area contributed by atoms with Crippen molar-refractivity contribution in [3.05, 3.63) is 47.7 Å². The van der Waals surface area contributed by atoms with Crippen LogP contribution in [0.2, 0.25) is 19.6 Å². The van der Waals surface area contributed by atoms with Crippen molar-refractivity contribution < 1.29 is 0 Å². The summed E-state index contributed by atoms with van der Waals surface area (Å²) in [6.07, 6.45) is 4.51. The molecule has 0 amide bonds. The minimum Gasteiger partial charge on any atom is -0.256 e. The molecule has 1 aromatic heterocycles. The van der Waals surface area contributed by atoms with Crippen LogP contribution >= 0.6 is 0 Å². The van der Waals surface area contributed by atoms with Gasteiger partial charge in [0.05, 0.1) is 13.8 Å². The fraction of sp³-hybridized carbons (Fsp3) is 0.421. The number of hydrogen-bond acceptors (Lipinski definition) is 1. The van der Waals surface area contributed by atoms with Crippen LogP contribution in [0, 0.1) is 0 Å². The molecule has 1 atom stereocenters. The summed E-state index contributed by atoms with van der Waals surface area (Å²) in [5.74, 6) is 0. The van der Waals surface area contributed by atoms with Crippen molar-refractivity contribution in [3.8, 4) is 11.3 Å². The minimum absolute atomic E-state index is 0.338. The highest BCUT2D eigenvalue weighted by Crippen LogP contribution is 2.47. The molecule has 1 unspecified atom stereocenters. The maximum Gasteiger partial charge on any atom is 0.0796 e. The molecule has 3 rings (SSSR count). The zero-order chi connectivity index (χ0) is 15.3. The van der Waals surface area contributed by atoms with Gasteiger partial charge in [0.25, 0.3) is 0 Å². The third-order valence-corrected chi connectivity index (χ3v) is 7.05. The summed E-state index contributed by atoms with van der Waals surface area (Å²) < 4.78 is 0. The molecular formula is C19H25NSi. The maximum atomic E-state index is 4.79. The van der Waals surface area contributed by atoms with E-state index in [0.29, 0.717) is 5.41 Å². The van der Waals surface area contributed by atoms with E-state index >= 15 is 0 Å². The molecule has 0 radical (unpaired) electrons. The summed E-state index contributed by atoms with van der Waals surface area (Å²) in [4.78, 5) is 4.79. The van der Waals surface area contributed by atoms with E-state index in [-0.39, 0.29) is 0 Å². The van der Waals surface area contributed by atoms with Gasteiger partial charge in [0.15, 0.2) is 0 Å². The molecule has 1 aliphatic carbocycles. The van der Waals surface area contributed by atoms with Gasteiger partial charge in [-0.25, -0.2) is 0 Å². The van der Waals surface area contributed by atoms with Crippen molar-refractivity contribution in [1.29, 1.82) is 0 Å². The van der Waals surface area contributed by atoms with Crippen molar-refractivity contribution in [2.45, 2.75) is 51.7 Å². The normalized spacial score (nSPS) is 20.8. The first-order valence-electron chi connectivity index (χ1n) is 7.94. The number of rotatable bonds is 3. The average Bonchev–Trinajstić information content (AvgIpc) is 2.44. The van der Waals surface area contributed by atoms with E-state index in [1.54, 1.807) is 0 Å². The van der Waals surface area contributed by atoms with Crippen LogP contribution in [0.25, 0.3) is 11.3 Å². The third kappa shape index (κ3) is 2.36. The predicted molar refractivity (Wildman–Crippen MR) is 94.0 cm³/mol. The predicted octanol–water partition coefficient (Wildman–Crippen LogP) is 4.52. The Morgan fingerprint density at radius 3 is 2.48 bits per heavy atom. The van der Waals surface area contributed by atoms with Gasteiger partial charge in [0.2, 0.25) is 0 Å². The Labute approximate surface area is 129 Å². The quantitative estimate of drug-likeness (QED) is 0.759. The molecule has 2 heteroatoms. The van der Waals surface area contributed by atoms with E-state index in [1.165, 1.54) is 34.7 Å². The molecular weight excluding hydrogens is 270 g/mol. The maximum absolute atomic E-state index is 4.79. The van der Waals surface area contributed by atoms with Crippen molar-refractivity contribution in [1.82, 2.24) is 4.98 Å². The largest absolute Gasteiger partial charge is 0.256 e. The molecule has 0 saturated carbocycles. The Hall–Kier alpha value is -1.41. The number of pyridine rings is 1. The molecule has 0 bridgehead atoms. The standard InChI is InChI=1S/C19H25NSi/c1-6-19(2)12-14-8-7-9-16(18(14)19)17-11-10-15(13-20-17)21(3,4)5/h7-11,13H,6,12H2,1-5H3. The fourth-order valence-corrected chi connectivity index (χ4v) is 4.41. The SMILES string of the molecule is CCC1(C)Cc2cccc(-c3ccc([Si](C)(C)C)cn3)c21. The Morgan fingerprint density at radius 2 is 1.90 bits per heavy atom. The van der Waals surface area contributed by atoms with Crippen LogP contribution in [0.1, 0.15) is 31.4 Å². The number of benzene rings is 1. The molecule has 110 valence electrons. The molecule has 1 heterocycles. The first kappa shape index (κ1) is 14.5. The van der Waals surface area contributed by atoms with Crippen LogP contribution in [-0.4, -0.2) is 13.1 Å². The second-order valence-electron chi connectivity index (χ2n) is 7.61. The topological polar surface area (TPSA) is 12.9 Å². The van der Waals surface area contributed by atoms with E-state index in [1.807, 2.05) is 0 Å². The molecule has 0 spiro atoms. The highest BCUT2D eigenvalue weighted by Gasteiger charge is 2.38. The van der Waals surface area contributed by atoms with Gasteiger partial charge in [0.1, 0.15) is 0 Å². The Morgan fingerprint density at radius 1 is 1.14 bits per heavy atom. The van der Waals surface area contributed by atoms with Gasteiger partial charge in [-0.1, -0.05) is 57.8 Å². The zero-order valence-corrected chi connectivity index (χ0v) is 14.8. The van der Waals surface area contributed by atoms with Gasteiger partial charge in [-0.3, -0.25) is 4.98 Å². The van der Waals surface area contributed by atoms with Crippen molar-refractivity contribution >= 4 is 13.3 Å². The van der Waals surface area contributed by atoms with Gasteiger partial charge in [-0.15, -0.1) is 0 Å². The summed E-state index contributed by atoms with van der Waals surface area (Å²) in [6, 6.07) is 11.2. The number of fused-ring (bicyclic) bond motifs is 1. The molecule has 21 heavy (non-hydrogen) atoms. The van der Waals surface area contributed by atoms with Crippen LogP contribution in [0.4, 0.5) is 0 Å². The van der Waals surface area contributed by atoms with Crippen LogP contribution in [0.15, 0.2) is 36.5 Å². The van der Waals surface area contributed by atoms with E-state index in [0.717, 1.165) is 5.69 Å². The van der Waals surface area contributed by atoms with Gasteiger partial charge >= 0.3 is 0 Å². The molecule has 0 aliphatic heterocycles. The monoisotopic (exact) mass is 295 g/mol. The molecule has 0 saturated heterocycles. The summed E-state index contributed by atoms with van der Waals surface area (Å²) >= 11 is 0. The summed E-state index contributed by atoms with van der Waals surface area (Å²) in [6.45, 7) is 11.8. The van der Waals surface area contributed by atoms with E-state index in [9.17, 15) is 0 Å². The summed E-state index contributed by atoms with van der Waals surface area (Å²) in [7, 11) is -1.27. The van der Waals surface area contributed by atoms with Crippen LogP contribution in [-0.2, 0) is 11.8 Å². The van der Waals surface area contributed by atoms with Crippen LogP contribution in [0.3, 0.4) is 0 Å². The van der Waals surface area contributed by atoms with Gasteiger partial charge in [-0.2, -0.15) is 0 Å². The van der Waals surface area contributed by atoms with Crippen LogP contribution < -0.4 is 5.19 Å². The molecule has 2 aromatic rings. The second kappa shape index (κ2) is 4.81. The average molecular weight is 296 g/mol. The van der Waals surface area contributed by atoms with Crippen molar-refractivity contribution in [2.24, 2.45) is 0 Å².